The lowest BCUT2D eigenvalue weighted by Gasteiger charge is -2.23. The van der Waals surface area contributed by atoms with Gasteiger partial charge < -0.3 is 25.5 Å². The first-order valence-electron chi connectivity index (χ1n) is 6.64. The molecule has 0 bridgehead atoms. The second-order valence-electron chi connectivity index (χ2n) is 4.91. The minimum Gasteiger partial charge on any atom is -0.394 e. The van der Waals surface area contributed by atoms with Crippen LogP contribution in [-0.2, 0) is 10.0 Å². The number of aliphatic hydroxyl groups excluding tert-OH is 5. The van der Waals surface area contributed by atoms with Crippen molar-refractivity contribution >= 4 is 16.2 Å². The zero-order valence-corrected chi connectivity index (χ0v) is 13.1. The first-order valence-corrected chi connectivity index (χ1v) is 8.12. The maximum absolute atomic E-state index is 11.9. The van der Waals surface area contributed by atoms with Crippen molar-refractivity contribution in [3.8, 4) is 0 Å². The number of benzene rings is 1. The summed E-state index contributed by atoms with van der Waals surface area (Å²) in [4.78, 5) is 1.80. The second kappa shape index (κ2) is 8.34. The van der Waals surface area contributed by atoms with Gasteiger partial charge in [0, 0.05) is 0 Å². The number of hydrazone groups is 1. The molecule has 0 aromatic heterocycles. The Morgan fingerprint density at radius 1 is 1.13 bits per heavy atom. The molecule has 1 rings (SSSR count). The molecule has 0 saturated heterocycles. The Labute approximate surface area is 133 Å². The SMILES string of the molecule is Cc1ccc(S(=O)(=O)NN=CC(O)C(O)C(O)C(O)CO)cc1. The summed E-state index contributed by atoms with van der Waals surface area (Å²) in [5, 5.41) is 49.6. The van der Waals surface area contributed by atoms with Crippen LogP contribution in [0.4, 0.5) is 0 Å². The minimum atomic E-state index is -3.93. The van der Waals surface area contributed by atoms with Crippen LogP contribution in [0.15, 0.2) is 34.3 Å². The highest BCUT2D eigenvalue weighted by molar-refractivity contribution is 7.89. The van der Waals surface area contributed by atoms with Gasteiger partial charge in [0.25, 0.3) is 10.0 Å². The lowest BCUT2D eigenvalue weighted by Crippen LogP contribution is -2.46. The van der Waals surface area contributed by atoms with Crippen LogP contribution in [0.1, 0.15) is 5.56 Å². The van der Waals surface area contributed by atoms with Gasteiger partial charge in [-0.1, -0.05) is 17.7 Å². The van der Waals surface area contributed by atoms with Gasteiger partial charge in [-0.05, 0) is 19.1 Å². The summed E-state index contributed by atoms with van der Waals surface area (Å²) in [7, 11) is -3.93. The summed E-state index contributed by atoms with van der Waals surface area (Å²) < 4.78 is 23.8. The number of aliphatic hydroxyl groups is 5. The summed E-state index contributed by atoms with van der Waals surface area (Å²) in [6, 6.07) is 5.95. The molecule has 1 aromatic rings. The molecule has 4 atom stereocenters. The second-order valence-corrected chi connectivity index (χ2v) is 6.57. The summed E-state index contributed by atoms with van der Waals surface area (Å²) in [6.45, 7) is 0.980. The molecule has 0 aliphatic rings. The number of aryl methyl sites for hydroxylation is 1. The Balaban J connectivity index is 2.69. The van der Waals surface area contributed by atoms with Gasteiger partial charge in [0.1, 0.15) is 24.4 Å². The van der Waals surface area contributed by atoms with E-state index in [1.165, 1.54) is 12.1 Å². The Morgan fingerprint density at radius 3 is 2.22 bits per heavy atom. The molecule has 9 nitrogen and oxygen atoms in total. The molecule has 10 heteroatoms. The van der Waals surface area contributed by atoms with Gasteiger partial charge in [-0.3, -0.25) is 0 Å². The van der Waals surface area contributed by atoms with E-state index in [0.29, 0.717) is 6.21 Å². The zero-order chi connectivity index (χ0) is 17.6. The maximum atomic E-state index is 11.9. The summed E-state index contributed by atoms with van der Waals surface area (Å²) in [5.74, 6) is 0. The van der Waals surface area contributed by atoms with Crippen LogP contribution in [0.25, 0.3) is 0 Å². The molecular formula is C13H20N2O7S. The molecule has 4 unspecified atom stereocenters. The molecule has 23 heavy (non-hydrogen) atoms. The van der Waals surface area contributed by atoms with Crippen molar-refractivity contribution in [1.82, 2.24) is 4.83 Å². The van der Waals surface area contributed by atoms with Crippen molar-refractivity contribution in [3.05, 3.63) is 29.8 Å². The fraction of sp³-hybridized carbons (Fsp3) is 0.462. The molecule has 0 aliphatic heterocycles. The van der Waals surface area contributed by atoms with Crippen LogP contribution >= 0.6 is 0 Å². The number of hydrogen-bond acceptors (Lipinski definition) is 8. The Hall–Kier alpha value is -1.56. The third-order valence-electron chi connectivity index (χ3n) is 3.01. The molecule has 0 amide bonds. The molecule has 0 heterocycles. The highest BCUT2D eigenvalue weighted by Crippen LogP contribution is 2.09. The van der Waals surface area contributed by atoms with E-state index >= 15 is 0 Å². The van der Waals surface area contributed by atoms with Crippen LogP contribution < -0.4 is 4.83 Å². The smallest absolute Gasteiger partial charge is 0.276 e. The normalized spacial score (nSPS) is 17.7. The van der Waals surface area contributed by atoms with Gasteiger partial charge in [-0.2, -0.15) is 13.5 Å². The summed E-state index contributed by atoms with van der Waals surface area (Å²) in [6.07, 6.45) is -6.44. The van der Waals surface area contributed by atoms with Crippen molar-refractivity contribution in [1.29, 1.82) is 0 Å². The van der Waals surface area contributed by atoms with Gasteiger partial charge in [0.05, 0.1) is 17.7 Å². The number of nitrogens with one attached hydrogen (secondary N) is 1. The van der Waals surface area contributed by atoms with Crippen molar-refractivity contribution in [2.24, 2.45) is 5.10 Å². The van der Waals surface area contributed by atoms with Crippen molar-refractivity contribution in [3.63, 3.8) is 0 Å². The van der Waals surface area contributed by atoms with Crippen LogP contribution in [0.3, 0.4) is 0 Å². The van der Waals surface area contributed by atoms with Crippen LogP contribution in [0, 0.1) is 6.92 Å². The molecule has 0 saturated carbocycles. The van der Waals surface area contributed by atoms with Crippen LogP contribution in [0.2, 0.25) is 0 Å². The highest BCUT2D eigenvalue weighted by Gasteiger charge is 2.29. The Morgan fingerprint density at radius 2 is 1.70 bits per heavy atom. The number of nitrogens with zero attached hydrogens (tertiary/aromatic N) is 1. The quantitative estimate of drug-likeness (QED) is 0.227. The van der Waals surface area contributed by atoms with E-state index in [9.17, 15) is 23.7 Å². The first-order chi connectivity index (χ1) is 10.7. The molecule has 0 radical (unpaired) electrons. The largest absolute Gasteiger partial charge is 0.394 e. The standard InChI is InChI=1S/C13H20N2O7S/c1-8-2-4-9(5-3-8)23(21,22)15-14-6-10(17)12(19)13(20)11(18)7-16/h2-6,10-13,15-20H,7H2,1H3. The predicted molar refractivity (Wildman–Crippen MR) is 81.1 cm³/mol. The third kappa shape index (κ3) is 5.53. The maximum Gasteiger partial charge on any atom is 0.276 e. The van der Waals surface area contributed by atoms with E-state index in [4.69, 9.17) is 10.2 Å². The summed E-state index contributed by atoms with van der Waals surface area (Å²) >= 11 is 0. The van der Waals surface area contributed by atoms with Crippen LogP contribution in [-0.4, -0.2) is 71.2 Å². The van der Waals surface area contributed by atoms with E-state index in [2.05, 4.69) is 5.10 Å². The van der Waals surface area contributed by atoms with Crippen molar-refractivity contribution in [2.45, 2.75) is 36.2 Å². The first kappa shape index (κ1) is 19.5. The zero-order valence-electron chi connectivity index (χ0n) is 12.3. The number of rotatable bonds is 8. The van der Waals surface area contributed by atoms with E-state index < -0.39 is 41.0 Å². The molecule has 0 spiro atoms. The number of hydrogen-bond donors (Lipinski definition) is 6. The predicted octanol–water partition coefficient (Wildman–Crippen LogP) is -2.30. The molecule has 1 aromatic carbocycles. The Kier molecular flexibility index (Phi) is 7.06. The fourth-order valence-electron chi connectivity index (χ4n) is 1.57. The average Bonchev–Trinajstić information content (AvgIpc) is 2.52. The topological polar surface area (TPSA) is 160 Å². The highest BCUT2D eigenvalue weighted by atomic mass is 32.2. The molecule has 6 N–H and O–H groups in total. The van der Waals surface area contributed by atoms with Gasteiger partial charge in [0.2, 0.25) is 0 Å². The molecular weight excluding hydrogens is 328 g/mol. The van der Waals surface area contributed by atoms with E-state index in [1.807, 2.05) is 4.83 Å². The molecule has 0 aliphatic carbocycles. The fourth-order valence-corrected chi connectivity index (χ4v) is 2.37. The van der Waals surface area contributed by atoms with Crippen molar-refractivity contribution in [2.75, 3.05) is 6.61 Å². The van der Waals surface area contributed by atoms with Gasteiger partial charge >= 0.3 is 0 Å². The van der Waals surface area contributed by atoms with Gasteiger partial charge in [-0.25, -0.2) is 4.83 Å². The number of sulfonamides is 1. The average molecular weight is 348 g/mol. The van der Waals surface area contributed by atoms with Crippen LogP contribution in [0.5, 0.6) is 0 Å². The van der Waals surface area contributed by atoms with Gasteiger partial charge in [0.15, 0.2) is 0 Å². The van der Waals surface area contributed by atoms with E-state index in [-0.39, 0.29) is 4.90 Å². The van der Waals surface area contributed by atoms with Gasteiger partial charge in [-0.15, -0.1) is 0 Å². The summed E-state index contributed by atoms with van der Waals surface area (Å²) in [5.41, 5.74) is 0.877. The van der Waals surface area contributed by atoms with E-state index in [1.54, 1.807) is 19.1 Å². The lowest BCUT2D eigenvalue weighted by atomic mass is 10.0. The Bertz CT molecular complexity index is 618. The monoisotopic (exact) mass is 348 g/mol. The van der Waals surface area contributed by atoms with Crippen molar-refractivity contribution < 1.29 is 34.0 Å². The lowest BCUT2D eigenvalue weighted by molar-refractivity contribution is -0.0999. The third-order valence-corrected chi connectivity index (χ3v) is 4.25. The molecule has 130 valence electrons. The minimum absolute atomic E-state index is 0.0361. The van der Waals surface area contributed by atoms with E-state index in [0.717, 1.165) is 5.56 Å². The molecule has 0 fully saturated rings.